The Morgan fingerprint density at radius 1 is 0.398 bits per heavy atom. The number of amides is 1. The zero-order valence-electron chi connectivity index (χ0n) is 55.9. The van der Waals surface area contributed by atoms with Crippen molar-refractivity contribution in [1.82, 2.24) is 5.32 Å². The van der Waals surface area contributed by atoms with E-state index < -0.39 is 124 Å². The van der Waals surface area contributed by atoms with Crippen LogP contribution >= 0.6 is 0 Å². The van der Waals surface area contributed by atoms with Gasteiger partial charge in [-0.2, -0.15) is 0 Å². The molecule has 1 amide bonds. The van der Waals surface area contributed by atoms with Gasteiger partial charge in [0.25, 0.3) is 0 Å². The SMILES string of the molecule is CC/C=C\C/C=C\C/C=C\C/C=C\C/C=C\C/C=C\C/C=C\C/C=C\C/C=C\CCCCCCCCCCCC(=O)NC(COC1OC(CO)C(OC2OC(CO)C(OC3OC(CO)C(O)C(O)C3O)C(O)C2O)C(O)C1O)C(O)/C=C/CC/C=C/CCCCCCC. The minimum absolute atomic E-state index is 0.219. The fourth-order valence-corrected chi connectivity index (χ4v) is 10.8. The second-order valence-corrected chi connectivity index (χ2v) is 24.2. The van der Waals surface area contributed by atoms with Gasteiger partial charge >= 0.3 is 0 Å². The normalized spacial score (nSPS) is 28.4. The summed E-state index contributed by atoms with van der Waals surface area (Å²) in [4.78, 5) is 13.4. The van der Waals surface area contributed by atoms with Gasteiger partial charge in [0.2, 0.25) is 5.91 Å². The van der Waals surface area contributed by atoms with Crippen LogP contribution < -0.4 is 5.32 Å². The molecule has 0 radical (unpaired) electrons. The van der Waals surface area contributed by atoms with E-state index in [1.165, 1.54) is 51.4 Å². The minimum atomic E-state index is -1.99. The third-order valence-corrected chi connectivity index (χ3v) is 16.4. The smallest absolute Gasteiger partial charge is 0.220 e. The highest BCUT2D eigenvalue weighted by Crippen LogP contribution is 2.33. The Balaban J connectivity index is 1.35. The van der Waals surface area contributed by atoms with E-state index in [1.807, 2.05) is 6.08 Å². The second kappa shape index (κ2) is 54.0. The first-order valence-electron chi connectivity index (χ1n) is 34.9. The maximum atomic E-state index is 13.4. The first-order chi connectivity index (χ1) is 45.3. The Kier molecular flexibility index (Phi) is 48.3. The predicted molar refractivity (Wildman–Crippen MR) is 364 cm³/mol. The van der Waals surface area contributed by atoms with Crippen LogP contribution in [0, 0.1) is 0 Å². The number of hydrogen-bond donors (Lipinski definition) is 12. The molecule has 530 valence electrons. The van der Waals surface area contributed by atoms with Gasteiger partial charge in [0.1, 0.15) is 73.2 Å². The number of aliphatic hydroxyl groups excluding tert-OH is 11. The van der Waals surface area contributed by atoms with Crippen LogP contribution in [-0.4, -0.2) is 193 Å². The van der Waals surface area contributed by atoms with Crippen LogP contribution in [-0.2, 0) is 33.2 Å². The van der Waals surface area contributed by atoms with Crippen molar-refractivity contribution < 1.29 is 89.4 Å². The van der Waals surface area contributed by atoms with Gasteiger partial charge in [0.15, 0.2) is 18.9 Å². The van der Waals surface area contributed by atoms with Crippen molar-refractivity contribution in [3.05, 3.63) is 134 Å². The number of nitrogens with one attached hydrogen (secondary N) is 1. The van der Waals surface area contributed by atoms with Gasteiger partial charge in [0.05, 0.1) is 38.6 Å². The molecule has 17 atom stereocenters. The lowest BCUT2D eigenvalue weighted by Gasteiger charge is -2.48. The molecular formula is C74H121NO18. The number of hydrogen-bond acceptors (Lipinski definition) is 18. The Labute approximate surface area is 556 Å². The first kappa shape index (κ1) is 83.2. The molecule has 3 fully saturated rings. The van der Waals surface area contributed by atoms with Gasteiger partial charge in [-0.3, -0.25) is 4.79 Å². The monoisotopic (exact) mass is 1310 g/mol. The number of carbonyl (C=O) groups is 1. The number of ether oxygens (including phenoxy) is 6. The third-order valence-electron chi connectivity index (χ3n) is 16.4. The molecule has 12 N–H and O–H groups in total. The van der Waals surface area contributed by atoms with Gasteiger partial charge in [0, 0.05) is 6.42 Å². The highest BCUT2D eigenvalue weighted by molar-refractivity contribution is 5.76. The van der Waals surface area contributed by atoms with E-state index in [2.05, 4.69) is 141 Å². The summed E-state index contributed by atoms with van der Waals surface area (Å²) in [6.07, 6.45) is 48.8. The molecule has 3 aliphatic heterocycles. The molecule has 0 bridgehead atoms. The molecule has 19 nitrogen and oxygen atoms in total. The van der Waals surface area contributed by atoms with Gasteiger partial charge < -0.3 is 89.9 Å². The standard InChI is InChI=1S/C74H121NO18/c1-3-5-7-9-11-13-15-16-17-18-19-20-21-22-23-24-25-26-27-28-29-30-31-32-33-34-35-36-37-38-39-40-42-44-46-48-50-52-62(80)75-57(58(79)51-49-47-45-43-41-14-12-10-8-6-4-2)56-88-72-68(86)65(83)70(60(54-77)90-72)93-74-69(87)66(84)71(61(55-78)91-74)92-73-67(85)64(82)63(81)59(53-76)89-73/h5,7,11,13,16-17,19-20,22-23,25-26,28-29,31-32,34-35,41,43,49,51,57-61,63-74,76-79,81-87H,3-4,6,8-10,12,14-15,18,21,24,27,30,33,36-40,42,44-48,50,52-56H2,1-2H3,(H,75,80)/b7-5-,13-11-,17-16-,20-19-,23-22-,26-25-,29-28-,32-31-,35-34-,43-41+,51-49+. The Morgan fingerprint density at radius 2 is 0.753 bits per heavy atom. The Hall–Kier alpha value is -4.07. The number of unbranched alkanes of at least 4 members (excludes halogenated alkanes) is 15. The van der Waals surface area contributed by atoms with Crippen molar-refractivity contribution in [1.29, 1.82) is 0 Å². The van der Waals surface area contributed by atoms with Crippen LogP contribution in [0.15, 0.2) is 134 Å². The zero-order valence-corrected chi connectivity index (χ0v) is 55.9. The quantitative estimate of drug-likeness (QED) is 0.0199. The average molecular weight is 1310 g/mol. The van der Waals surface area contributed by atoms with E-state index in [-0.39, 0.29) is 18.9 Å². The molecule has 0 saturated carbocycles. The van der Waals surface area contributed by atoms with E-state index in [1.54, 1.807) is 6.08 Å². The van der Waals surface area contributed by atoms with E-state index in [9.17, 15) is 61.0 Å². The first-order valence-corrected chi connectivity index (χ1v) is 34.9. The molecule has 0 aliphatic carbocycles. The number of rotatable bonds is 51. The molecule has 19 heteroatoms. The Bertz CT molecular complexity index is 2210. The summed E-state index contributed by atoms with van der Waals surface area (Å²) in [7, 11) is 0. The van der Waals surface area contributed by atoms with E-state index in [0.29, 0.717) is 12.8 Å². The van der Waals surface area contributed by atoms with Crippen LogP contribution in [0.3, 0.4) is 0 Å². The summed E-state index contributed by atoms with van der Waals surface area (Å²) in [5, 5.41) is 120. The van der Waals surface area contributed by atoms with Crippen molar-refractivity contribution in [2.45, 2.75) is 298 Å². The van der Waals surface area contributed by atoms with E-state index >= 15 is 0 Å². The molecule has 3 saturated heterocycles. The molecule has 0 aromatic heterocycles. The van der Waals surface area contributed by atoms with Gasteiger partial charge in [-0.1, -0.05) is 218 Å². The number of allylic oxidation sites excluding steroid dienone is 21. The highest BCUT2D eigenvalue weighted by Gasteiger charge is 2.53. The van der Waals surface area contributed by atoms with E-state index in [4.69, 9.17) is 28.4 Å². The molecule has 0 aromatic carbocycles. The topological polar surface area (TPSA) is 307 Å². The molecular weight excluding hydrogens is 1190 g/mol. The van der Waals surface area contributed by atoms with Gasteiger partial charge in [-0.25, -0.2) is 0 Å². The minimum Gasteiger partial charge on any atom is -0.394 e. The van der Waals surface area contributed by atoms with Crippen LogP contribution in [0.25, 0.3) is 0 Å². The van der Waals surface area contributed by atoms with Crippen LogP contribution in [0.4, 0.5) is 0 Å². The molecule has 3 aliphatic rings. The van der Waals surface area contributed by atoms with Crippen molar-refractivity contribution in [2.24, 2.45) is 0 Å². The lowest BCUT2D eigenvalue weighted by atomic mass is 9.96. The lowest BCUT2D eigenvalue weighted by molar-refractivity contribution is -0.379. The molecule has 0 aromatic rings. The summed E-state index contributed by atoms with van der Waals surface area (Å²) in [6.45, 7) is 1.53. The second-order valence-electron chi connectivity index (χ2n) is 24.2. The van der Waals surface area contributed by atoms with Crippen LogP contribution in [0.2, 0.25) is 0 Å². The average Bonchev–Trinajstić information content (AvgIpc) is 0.805. The maximum Gasteiger partial charge on any atom is 0.220 e. The predicted octanol–water partition coefficient (Wildman–Crippen LogP) is 9.38. The summed E-state index contributed by atoms with van der Waals surface area (Å²) in [5.74, 6) is -0.300. The van der Waals surface area contributed by atoms with Crippen LogP contribution in [0.5, 0.6) is 0 Å². The summed E-state index contributed by atoms with van der Waals surface area (Å²) < 4.78 is 34.2. The molecule has 3 rings (SSSR count). The Morgan fingerprint density at radius 3 is 1.20 bits per heavy atom. The van der Waals surface area contributed by atoms with Gasteiger partial charge in [-0.15, -0.1) is 0 Å². The summed E-state index contributed by atoms with van der Waals surface area (Å²) >= 11 is 0. The van der Waals surface area contributed by atoms with Gasteiger partial charge in [-0.05, 0) is 103 Å². The highest BCUT2D eigenvalue weighted by atomic mass is 16.8. The third kappa shape index (κ3) is 35.7. The molecule has 3 heterocycles. The maximum absolute atomic E-state index is 13.4. The number of carbonyl (C=O) groups excluding carboxylic acids is 1. The molecule has 17 unspecified atom stereocenters. The summed E-state index contributed by atoms with van der Waals surface area (Å²) in [6, 6.07) is -1.00. The molecule has 93 heavy (non-hydrogen) atoms. The van der Waals surface area contributed by atoms with Crippen molar-refractivity contribution in [3.8, 4) is 0 Å². The van der Waals surface area contributed by atoms with Crippen molar-refractivity contribution in [2.75, 3.05) is 26.4 Å². The van der Waals surface area contributed by atoms with E-state index in [0.717, 1.165) is 109 Å². The summed E-state index contributed by atoms with van der Waals surface area (Å²) in [5.41, 5.74) is 0. The number of aliphatic hydroxyl groups is 11. The van der Waals surface area contributed by atoms with Crippen LogP contribution in [0.1, 0.15) is 194 Å². The largest absolute Gasteiger partial charge is 0.394 e. The van der Waals surface area contributed by atoms with Crippen molar-refractivity contribution >= 4 is 5.91 Å². The zero-order chi connectivity index (χ0) is 67.5. The fraction of sp³-hybridized carbons (Fsp3) is 0.689. The molecule has 0 spiro atoms. The lowest BCUT2D eigenvalue weighted by Crippen LogP contribution is -2.66. The van der Waals surface area contributed by atoms with Crippen molar-refractivity contribution in [3.63, 3.8) is 0 Å². The fourth-order valence-electron chi connectivity index (χ4n) is 10.8.